The Labute approximate surface area is 180 Å². The number of carbonyl (C=O) groups is 2. The summed E-state index contributed by atoms with van der Waals surface area (Å²) in [6.07, 6.45) is 11.7. The summed E-state index contributed by atoms with van der Waals surface area (Å²) in [6.45, 7) is 0.492. The molecular formula is C23H16N4O3S. The van der Waals surface area contributed by atoms with Gasteiger partial charge in [-0.2, -0.15) is 4.37 Å². The molecule has 31 heavy (non-hydrogen) atoms. The average Bonchev–Trinajstić information content (AvgIpc) is 3.43. The van der Waals surface area contributed by atoms with E-state index in [1.165, 1.54) is 11.5 Å². The van der Waals surface area contributed by atoms with E-state index < -0.39 is 5.97 Å². The first kappa shape index (κ1) is 19.0. The van der Waals surface area contributed by atoms with Crippen molar-refractivity contribution in [2.45, 2.75) is 0 Å². The average molecular weight is 428 g/mol. The second kappa shape index (κ2) is 7.66. The molecule has 7 nitrogen and oxygen atoms in total. The fraction of sp³-hybridized carbons (Fsp3) is 0.0435. The molecule has 0 unspecified atom stereocenters. The van der Waals surface area contributed by atoms with Crippen LogP contribution in [0.25, 0.3) is 40.5 Å². The molecule has 0 spiro atoms. The third-order valence-electron chi connectivity index (χ3n) is 5.06. The Hall–Kier alpha value is -4.04. The zero-order valence-electron chi connectivity index (χ0n) is 16.1. The second-order valence-corrected chi connectivity index (χ2v) is 7.89. The Balaban J connectivity index is 1.51. The van der Waals surface area contributed by atoms with Crippen molar-refractivity contribution in [2.75, 3.05) is 6.54 Å². The van der Waals surface area contributed by atoms with Crippen molar-refractivity contribution in [3.8, 4) is 11.1 Å². The number of rotatable bonds is 4. The summed E-state index contributed by atoms with van der Waals surface area (Å²) in [6, 6.07) is 9.42. The number of fused-ring (bicyclic) bond motifs is 2. The van der Waals surface area contributed by atoms with Crippen LogP contribution in [-0.2, 0) is 4.79 Å². The number of nitrogens with one attached hydrogen (secondary N) is 1. The van der Waals surface area contributed by atoms with Crippen molar-refractivity contribution >= 4 is 52.8 Å². The largest absolute Gasteiger partial charge is 0.478 e. The highest BCUT2D eigenvalue weighted by molar-refractivity contribution is 7.03. The van der Waals surface area contributed by atoms with Gasteiger partial charge in [-0.15, -0.1) is 0 Å². The lowest BCUT2D eigenvalue weighted by Gasteiger charge is -2.17. The number of pyridine rings is 1. The summed E-state index contributed by atoms with van der Waals surface area (Å²) in [4.78, 5) is 33.2. The zero-order chi connectivity index (χ0) is 21.4. The predicted molar refractivity (Wildman–Crippen MR) is 120 cm³/mol. The maximum Gasteiger partial charge on any atom is 0.328 e. The molecule has 1 aromatic carbocycles. The Morgan fingerprint density at radius 2 is 2.10 bits per heavy atom. The Morgan fingerprint density at radius 1 is 1.19 bits per heavy atom. The minimum Gasteiger partial charge on any atom is -0.478 e. The van der Waals surface area contributed by atoms with Gasteiger partial charge in [0.15, 0.2) is 0 Å². The van der Waals surface area contributed by atoms with Gasteiger partial charge in [0.05, 0.1) is 10.1 Å². The minimum atomic E-state index is -0.999. The molecule has 0 fully saturated rings. The van der Waals surface area contributed by atoms with E-state index in [0.717, 1.165) is 37.9 Å². The molecule has 2 N–H and O–H groups in total. The van der Waals surface area contributed by atoms with Gasteiger partial charge in [-0.3, -0.25) is 4.79 Å². The highest BCUT2D eigenvalue weighted by Crippen LogP contribution is 2.26. The van der Waals surface area contributed by atoms with Crippen LogP contribution in [0.2, 0.25) is 0 Å². The lowest BCUT2D eigenvalue weighted by molar-refractivity contribution is -0.131. The number of amides is 1. The van der Waals surface area contributed by atoms with Crippen LogP contribution in [0.4, 0.5) is 0 Å². The molecule has 0 bridgehead atoms. The number of carboxylic acids is 1. The molecule has 152 valence electrons. The molecule has 1 amide bonds. The number of hydrogen-bond acceptors (Lipinski definition) is 5. The van der Waals surface area contributed by atoms with Crippen molar-refractivity contribution in [1.29, 1.82) is 0 Å². The first-order valence-electron chi connectivity index (χ1n) is 9.51. The van der Waals surface area contributed by atoms with Crippen molar-refractivity contribution in [2.24, 2.45) is 0 Å². The van der Waals surface area contributed by atoms with Gasteiger partial charge >= 0.3 is 5.97 Å². The predicted octanol–water partition coefficient (Wildman–Crippen LogP) is 2.46. The van der Waals surface area contributed by atoms with Crippen LogP contribution in [0.5, 0.6) is 0 Å². The van der Waals surface area contributed by atoms with Gasteiger partial charge in [-0.05, 0) is 46.9 Å². The minimum absolute atomic E-state index is 0.114. The highest BCUT2D eigenvalue weighted by Gasteiger charge is 2.20. The van der Waals surface area contributed by atoms with Crippen LogP contribution in [0.3, 0.4) is 0 Å². The highest BCUT2D eigenvalue weighted by atomic mass is 32.1. The molecule has 4 aromatic rings. The van der Waals surface area contributed by atoms with Gasteiger partial charge in [-0.25, -0.2) is 9.78 Å². The van der Waals surface area contributed by atoms with E-state index in [2.05, 4.69) is 14.3 Å². The Bertz CT molecular complexity index is 1480. The van der Waals surface area contributed by atoms with Crippen LogP contribution < -0.4 is 9.75 Å². The maximum absolute atomic E-state index is 13.2. The van der Waals surface area contributed by atoms with Crippen LogP contribution >= 0.6 is 11.5 Å². The molecule has 0 saturated heterocycles. The number of carboxylic acid groups (broad SMARTS) is 1. The molecule has 0 radical (unpaired) electrons. The summed E-state index contributed by atoms with van der Waals surface area (Å²) in [5.41, 5.74) is 3.66. The number of aliphatic carboxylic acids is 1. The number of benzene rings is 1. The van der Waals surface area contributed by atoms with Crippen LogP contribution in [0.15, 0.2) is 55.0 Å². The quantitative estimate of drug-likeness (QED) is 0.487. The van der Waals surface area contributed by atoms with Crippen LogP contribution in [0.1, 0.15) is 15.9 Å². The normalized spacial score (nSPS) is 13.1. The maximum atomic E-state index is 13.2. The first-order chi connectivity index (χ1) is 15.1. The molecule has 1 aliphatic rings. The molecule has 0 atom stereocenters. The number of H-pyrrole nitrogens is 1. The molecule has 4 heterocycles. The van der Waals surface area contributed by atoms with E-state index in [4.69, 9.17) is 5.11 Å². The third kappa shape index (κ3) is 3.64. The Kier molecular flexibility index (Phi) is 4.68. The lowest BCUT2D eigenvalue weighted by Crippen LogP contribution is -2.35. The fourth-order valence-electron chi connectivity index (χ4n) is 3.53. The molecule has 5 rings (SSSR count). The first-order valence-corrected chi connectivity index (χ1v) is 10.3. The molecule has 8 heteroatoms. The summed E-state index contributed by atoms with van der Waals surface area (Å²) >= 11 is 1.42. The fourth-order valence-corrected chi connectivity index (χ4v) is 4.17. The van der Waals surface area contributed by atoms with Gasteiger partial charge in [0, 0.05) is 53.6 Å². The van der Waals surface area contributed by atoms with Crippen molar-refractivity contribution < 1.29 is 14.7 Å². The van der Waals surface area contributed by atoms with Gasteiger partial charge in [0.1, 0.15) is 5.65 Å². The van der Waals surface area contributed by atoms with E-state index in [0.29, 0.717) is 17.8 Å². The van der Waals surface area contributed by atoms with E-state index in [-0.39, 0.29) is 5.91 Å². The van der Waals surface area contributed by atoms with Crippen molar-refractivity contribution in [1.82, 2.24) is 19.2 Å². The monoisotopic (exact) mass is 428 g/mol. The topological polar surface area (TPSA) is 99.2 Å². The number of nitrogens with zero attached hydrogens (tertiary/aromatic N) is 3. The smallest absolute Gasteiger partial charge is 0.328 e. The molecular weight excluding hydrogens is 412 g/mol. The lowest BCUT2D eigenvalue weighted by atomic mass is 10.0. The summed E-state index contributed by atoms with van der Waals surface area (Å²) in [5.74, 6) is -1.11. The van der Waals surface area contributed by atoms with Crippen LogP contribution in [-0.4, -0.2) is 42.8 Å². The summed E-state index contributed by atoms with van der Waals surface area (Å²) in [7, 11) is 0. The van der Waals surface area contributed by atoms with Gasteiger partial charge in [0.25, 0.3) is 5.91 Å². The molecule has 0 aliphatic carbocycles. The zero-order valence-corrected chi connectivity index (χ0v) is 17.0. The van der Waals surface area contributed by atoms with Gasteiger partial charge in [0.2, 0.25) is 0 Å². The van der Waals surface area contributed by atoms with Gasteiger partial charge in [-0.1, -0.05) is 18.2 Å². The van der Waals surface area contributed by atoms with E-state index in [1.54, 1.807) is 29.6 Å². The third-order valence-corrected chi connectivity index (χ3v) is 5.87. The van der Waals surface area contributed by atoms with E-state index in [9.17, 15) is 9.59 Å². The summed E-state index contributed by atoms with van der Waals surface area (Å²) < 4.78 is 5.25. The van der Waals surface area contributed by atoms with E-state index >= 15 is 0 Å². The van der Waals surface area contributed by atoms with Crippen molar-refractivity contribution in [3.63, 3.8) is 0 Å². The second-order valence-electron chi connectivity index (χ2n) is 7.06. The SMILES string of the molecule is O=C(O)C=Cc1cccc(-c2cnc3[nH]cc(C(=O)N4C=c5cnsc5=CC4)c3c2)c1. The van der Waals surface area contributed by atoms with Crippen molar-refractivity contribution in [3.05, 3.63) is 75.9 Å². The van der Waals surface area contributed by atoms with E-state index in [1.807, 2.05) is 42.6 Å². The number of aromatic nitrogens is 3. The number of carbonyl (C=O) groups excluding carboxylic acids is 1. The molecule has 3 aromatic heterocycles. The molecule has 0 saturated carbocycles. The number of aromatic amines is 1. The van der Waals surface area contributed by atoms with Gasteiger partial charge < -0.3 is 15.0 Å². The molecule has 1 aliphatic heterocycles. The summed E-state index contributed by atoms with van der Waals surface area (Å²) in [5, 5.41) is 10.5. The van der Waals surface area contributed by atoms with Crippen LogP contribution in [0, 0.1) is 0 Å². The number of hydrogen-bond donors (Lipinski definition) is 2. The Morgan fingerprint density at radius 3 is 2.97 bits per heavy atom. The standard InChI is InChI=1S/C23H16N4O3S/c28-21(29)5-4-14-2-1-3-15(8-14)16-9-18-19(12-25-22(18)24-10-16)23(30)27-7-6-20-17(13-27)11-26-31-20/h1-6,8-13H,7H2,(H,24,25)(H,28,29).